The Hall–Kier alpha value is -2.36. The van der Waals surface area contributed by atoms with E-state index in [-0.39, 0.29) is 11.7 Å². The van der Waals surface area contributed by atoms with Gasteiger partial charge in [-0.2, -0.15) is 4.58 Å². The minimum atomic E-state index is -0.182. The second-order valence-electron chi connectivity index (χ2n) is 6.09. The first-order valence-electron chi connectivity index (χ1n) is 8.98. The Morgan fingerprint density at radius 3 is 2.56 bits per heavy atom. The molecule has 0 saturated heterocycles. The van der Waals surface area contributed by atoms with Gasteiger partial charge in [0.2, 0.25) is 0 Å². The monoisotopic (exact) mass is 343 g/mol. The minimum Gasteiger partial charge on any atom is -0.506 e. The normalized spacial score (nSPS) is 12.1. The molecule has 136 valence electrons. The van der Waals surface area contributed by atoms with Crippen molar-refractivity contribution in [1.82, 2.24) is 4.90 Å². The molecular formula is C21H31N2O2+. The van der Waals surface area contributed by atoms with Crippen LogP contribution in [-0.4, -0.2) is 47.3 Å². The Morgan fingerprint density at radius 2 is 1.96 bits per heavy atom. The molecule has 4 nitrogen and oxygen atoms in total. The standard InChI is InChI=1S/C21H30N2O2/c1-5-7-16-22(3)20(19(24)6-2)21(25)23(4)17-12-11-15-18-13-9-8-10-14-18/h8-11,13-15H,3,5-7,12,16-17H2,1-2,4H3/p+1/b15-11-. The molecule has 0 aliphatic heterocycles. The van der Waals surface area contributed by atoms with Gasteiger partial charge in [0.15, 0.2) is 5.76 Å². The van der Waals surface area contributed by atoms with Crippen molar-refractivity contribution in [3.63, 3.8) is 0 Å². The maximum Gasteiger partial charge on any atom is 0.322 e. The molecule has 25 heavy (non-hydrogen) atoms. The number of aliphatic hydroxyl groups excluding tert-OH is 1. The number of allylic oxidation sites excluding steroid dienone is 1. The lowest BCUT2D eigenvalue weighted by molar-refractivity contribution is -0.466. The van der Waals surface area contributed by atoms with Crippen LogP contribution in [0.5, 0.6) is 0 Å². The molecule has 0 heterocycles. The average Bonchev–Trinajstić information content (AvgIpc) is 2.63. The Kier molecular flexibility index (Phi) is 9.30. The van der Waals surface area contributed by atoms with Crippen molar-refractivity contribution in [2.75, 3.05) is 20.1 Å². The van der Waals surface area contributed by atoms with E-state index < -0.39 is 0 Å². The predicted octanol–water partition coefficient (Wildman–Crippen LogP) is 4.24. The lowest BCUT2D eigenvalue weighted by atomic mass is 10.2. The van der Waals surface area contributed by atoms with E-state index in [2.05, 4.69) is 19.7 Å². The first kappa shape index (κ1) is 20.7. The summed E-state index contributed by atoms with van der Waals surface area (Å²) in [6, 6.07) is 10.1. The van der Waals surface area contributed by atoms with Gasteiger partial charge in [-0.05, 0) is 12.0 Å². The van der Waals surface area contributed by atoms with Gasteiger partial charge >= 0.3 is 11.6 Å². The number of rotatable bonds is 10. The maximum absolute atomic E-state index is 12.7. The topological polar surface area (TPSA) is 43.5 Å². The lowest BCUT2D eigenvalue weighted by Crippen LogP contribution is -2.34. The zero-order valence-corrected chi connectivity index (χ0v) is 15.7. The number of aliphatic hydroxyl groups is 1. The van der Waals surface area contributed by atoms with Gasteiger partial charge in [-0.15, -0.1) is 0 Å². The van der Waals surface area contributed by atoms with Crippen LogP contribution in [0.3, 0.4) is 0 Å². The highest BCUT2D eigenvalue weighted by molar-refractivity contribution is 5.91. The summed E-state index contributed by atoms with van der Waals surface area (Å²) in [5, 5.41) is 10.2. The van der Waals surface area contributed by atoms with E-state index in [9.17, 15) is 9.90 Å². The molecule has 1 rings (SSSR count). The highest BCUT2D eigenvalue weighted by Crippen LogP contribution is 2.12. The van der Waals surface area contributed by atoms with Gasteiger partial charge in [0.1, 0.15) is 13.3 Å². The number of nitrogens with zero attached hydrogens (tertiary/aromatic N) is 2. The lowest BCUT2D eigenvalue weighted by Gasteiger charge is -2.17. The Balaban J connectivity index is 2.67. The van der Waals surface area contributed by atoms with Crippen LogP contribution < -0.4 is 0 Å². The fourth-order valence-electron chi connectivity index (χ4n) is 2.40. The zero-order chi connectivity index (χ0) is 18.7. The van der Waals surface area contributed by atoms with Crippen LogP contribution >= 0.6 is 0 Å². The summed E-state index contributed by atoms with van der Waals surface area (Å²) in [6.45, 7) is 9.10. The highest BCUT2D eigenvalue weighted by Gasteiger charge is 2.27. The molecule has 0 saturated carbocycles. The maximum atomic E-state index is 12.7. The number of hydrogen-bond acceptors (Lipinski definition) is 2. The van der Waals surface area contributed by atoms with Gasteiger partial charge in [0, 0.05) is 26.4 Å². The number of unbranched alkanes of at least 4 members (excludes halogenated alkanes) is 1. The van der Waals surface area contributed by atoms with E-state index in [1.165, 1.54) is 0 Å². The largest absolute Gasteiger partial charge is 0.506 e. The summed E-state index contributed by atoms with van der Waals surface area (Å²) >= 11 is 0. The number of carbonyl (C=O) groups is 1. The van der Waals surface area contributed by atoms with Crippen LogP contribution in [0.1, 0.15) is 45.1 Å². The average molecular weight is 343 g/mol. The SMILES string of the molecule is C=[N+](CCCC)/C(C(=O)N(C)CC/C=C\c1ccccc1)=C(/O)CC. The summed E-state index contributed by atoms with van der Waals surface area (Å²) in [4.78, 5) is 14.4. The molecule has 0 bridgehead atoms. The van der Waals surface area contributed by atoms with Crippen molar-refractivity contribution in [3.05, 3.63) is 53.4 Å². The second kappa shape index (κ2) is 11.2. The predicted molar refractivity (Wildman–Crippen MR) is 105 cm³/mol. The van der Waals surface area contributed by atoms with E-state index in [1.54, 1.807) is 16.5 Å². The van der Waals surface area contributed by atoms with Crippen LogP contribution in [-0.2, 0) is 4.79 Å². The van der Waals surface area contributed by atoms with Crippen molar-refractivity contribution in [3.8, 4) is 0 Å². The van der Waals surface area contributed by atoms with E-state index in [0.717, 1.165) is 24.8 Å². The van der Waals surface area contributed by atoms with Crippen molar-refractivity contribution < 1.29 is 14.5 Å². The molecule has 0 fully saturated rings. The summed E-state index contributed by atoms with van der Waals surface area (Å²) < 4.78 is 1.63. The molecule has 1 aromatic rings. The molecule has 0 aliphatic rings. The van der Waals surface area contributed by atoms with Crippen LogP contribution in [0.15, 0.2) is 47.9 Å². The quantitative estimate of drug-likeness (QED) is 0.299. The van der Waals surface area contributed by atoms with Crippen molar-refractivity contribution in [1.29, 1.82) is 0 Å². The van der Waals surface area contributed by atoms with Gasteiger partial charge in [-0.3, -0.25) is 4.79 Å². The van der Waals surface area contributed by atoms with Crippen LogP contribution in [0, 0.1) is 0 Å². The number of carbonyl (C=O) groups excluding carboxylic acids is 1. The fourth-order valence-corrected chi connectivity index (χ4v) is 2.40. The number of amides is 1. The Morgan fingerprint density at radius 1 is 1.28 bits per heavy atom. The van der Waals surface area contributed by atoms with E-state index in [4.69, 9.17) is 0 Å². The minimum absolute atomic E-state index is 0.0998. The third-order valence-corrected chi connectivity index (χ3v) is 4.00. The van der Waals surface area contributed by atoms with E-state index in [1.807, 2.05) is 43.3 Å². The summed E-state index contributed by atoms with van der Waals surface area (Å²) in [6.07, 6.45) is 7.22. The van der Waals surface area contributed by atoms with Crippen LogP contribution in [0.4, 0.5) is 0 Å². The molecule has 0 unspecified atom stereocenters. The highest BCUT2D eigenvalue weighted by atomic mass is 16.3. The third kappa shape index (κ3) is 6.96. The van der Waals surface area contributed by atoms with E-state index in [0.29, 0.717) is 25.2 Å². The molecule has 0 atom stereocenters. The molecule has 4 heteroatoms. The summed E-state index contributed by atoms with van der Waals surface area (Å²) in [5.41, 5.74) is 1.45. The smallest absolute Gasteiger partial charge is 0.322 e. The second-order valence-corrected chi connectivity index (χ2v) is 6.09. The molecule has 0 aromatic heterocycles. The van der Waals surface area contributed by atoms with Crippen molar-refractivity contribution in [2.24, 2.45) is 0 Å². The van der Waals surface area contributed by atoms with E-state index >= 15 is 0 Å². The van der Waals surface area contributed by atoms with Crippen molar-refractivity contribution >= 4 is 18.7 Å². The van der Waals surface area contributed by atoms with Crippen LogP contribution in [0.2, 0.25) is 0 Å². The molecule has 0 radical (unpaired) electrons. The van der Waals surface area contributed by atoms with Crippen molar-refractivity contribution in [2.45, 2.75) is 39.5 Å². The summed E-state index contributed by atoms with van der Waals surface area (Å²) in [5.74, 6) is -0.0821. The van der Waals surface area contributed by atoms with Gasteiger partial charge in [0.05, 0.1) is 0 Å². The number of benzene rings is 1. The molecular weight excluding hydrogens is 312 g/mol. The molecule has 0 spiro atoms. The zero-order valence-electron chi connectivity index (χ0n) is 15.7. The molecule has 1 aromatic carbocycles. The van der Waals surface area contributed by atoms with Gasteiger partial charge < -0.3 is 10.0 Å². The summed E-state index contributed by atoms with van der Waals surface area (Å²) in [7, 11) is 1.76. The Bertz CT molecular complexity index is 618. The fraction of sp³-hybridized carbons (Fsp3) is 0.429. The molecule has 0 aliphatic carbocycles. The first-order valence-corrected chi connectivity index (χ1v) is 8.98. The first-order chi connectivity index (χ1) is 12.0. The molecule has 1 amide bonds. The van der Waals surface area contributed by atoms with Gasteiger partial charge in [-0.25, -0.2) is 0 Å². The molecule has 1 N–H and O–H groups in total. The van der Waals surface area contributed by atoms with Gasteiger partial charge in [-0.1, -0.05) is 62.8 Å². The number of hydrogen-bond donors (Lipinski definition) is 1. The Labute approximate surface area is 151 Å². The van der Waals surface area contributed by atoms with Gasteiger partial charge in [0.25, 0.3) is 0 Å². The van der Waals surface area contributed by atoms with Crippen LogP contribution in [0.25, 0.3) is 6.08 Å². The number of likely N-dealkylation sites (N-methyl/N-ethyl adjacent to an activating group) is 1. The third-order valence-electron chi connectivity index (χ3n) is 4.00.